The fourth-order valence-corrected chi connectivity index (χ4v) is 3.85. The van der Waals surface area contributed by atoms with Crippen LogP contribution < -0.4 is 4.74 Å². The van der Waals surface area contributed by atoms with Gasteiger partial charge in [-0.25, -0.2) is 0 Å². The first kappa shape index (κ1) is 16.3. The molecule has 0 aromatic heterocycles. The molecule has 0 radical (unpaired) electrons. The number of nitrogens with zero attached hydrogens (tertiary/aromatic N) is 1. The molecule has 0 bridgehead atoms. The number of amides is 1. The lowest BCUT2D eigenvalue weighted by Crippen LogP contribution is -2.47. The van der Waals surface area contributed by atoms with Gasteiger partial charge in [0.25, 0.3) is 5.91 Å². The monoisotopic (exact) mass is 317 g/mol. The first-order valence-corrected chi connectivity index (χ1v) is 8.84. The van der Waals surface area contributed by atoms with E-state index in [1.54, 1.807) is 11.9 Å². The van der Waals surface area contributed by atoms with Crippen LogP contribution in [0.15, 0.2) is 18.2 Å². The van der Waals surface area contributed by atoms with Crippen LogP contribution in [0.3, 0.4) is 0 Å². The number of carbonyl (C=O) groups is 1. The second-order valence-corrected chi connectivity index (χ2v) is 6.81. The minimum atomic E-state index is -0.401. The van der Waals surface area contributed by atoms with E-state index in [2.05, 4.69) is 6.07 Å². The molecule has 0 saturated heterocycles. The zero-order valence-electron chi connectivity index (χ0n) is 14.0. The highest BCUT2D eigenvalue weighted by molar-refractivity contribution is 5.78. The van der Waals surface area contributed by atoms with Crippen LogP contribution in [0.1, 0.15) is 49.7 Å². The smallest absolute Gasteiger partial charge is 0.260 e. The van der Waals surface area contributed by atoms with Crippen molar-refractivity contribution in [1.82, 2.24) is 4.90 Å². The maximum Gasteiger partial charge on any atom is 0.260 e. The third-order valence-electron chi connectivity index (χ3n) is 5.29. The lowest BCUT2D eigenvalue weighted by molar-refractivity contribution is -0.137. The van der Waals surface area contributed by atoms with E-state index in [1.807, 2.05) is 12.1 Å². The fraction of sp³-hybridized carbons (Fsp3) is 0.632. The van der Waals surface area contributed by atoms with E-state index in [4.69, 9.17) is 4.74 Å². The Morgan fingerprint density at radius 3 is 2.83 bits per heavy atom. The van der Waals surface area contributed by atoms with E-state index in [0.29, 0.717) is 0 Å². The van der Waals surface area contributed by atoms with Crippen molar-refractivity contribution < 1.29 is 14.6 Å². The molecule has 0 heterocycles. The van der Waals surface area contributed by atoms with Gasteiger partial charge in [-0.2, -0.15) is 0 Å². The van der Waals surface area contributed by atoms with E-state index >= 15 is 0 Å². The number of hydrogen-bond donors (Lipinski definition) is 1. The summed E-state index contributed by atoms with van der Waals surface area (Å²) in [6.07, 6.45) is 7.96. The van der Waals surface area contributed by atoms with Gasteiger partial charge in [0.2, 0.25) is 0 Å². The van der Waals surface area contributed by atoms with Crippen molar-refractivity contribution in [3.8, 4) is 5.75 Å². The number of fused-ring (bicyclic) bond motifs is 1. The molecule has 23 heavy (non-hydrogen) atoms. The molecule has 1 aromatic carbocycles. The Morgan fingerprint density at radius 1 is 1.22 bits per heavy atom. The van der Waals surface area contributed by atoms with Crippen molar-refractivity contribution in [3.63, 3.8) is 0 Å². The van der Waals surface area contributed by atoms with Crippen molar-refractivity contribution >= 4 is 5.91 Å². The van der Waals surface area contributed by atoms with Crippen LogP contribution >= 0.6 is 0 Å². The zero-order chi connectivity index (χ0) is 16.2. The molecule has 2 aliphatic carbocycles. The maximum absolute atomic E-state index is 12.4. The highest BCUT2D eigenvalue weighted by Crippen LogP contribution is 2.29. The van der Waals surface area contributed by atoms with Crippen molar-refractivity contribution in [3.05, 3.63) is 29.3 Å². The minimum absolute atomic E-state index is 0.0515. The highest BCUT2D eigenvalue weighted by Gasteiger charge is 2.29. The molecule has 0 unspecified atom stereocenters. The molecule has 1 saturated carbocycles. The van der Waals surface area contributed by atoms with Crippen molar-refractivity contribution in [1.29, 1.82) is 0 Å². The third-order valence-corrected chi connectivity index (χ3v) is 5.29. The van der Waals surface area contributed by atoms with Gasteiger partial charge in [-0.1, -0.05) is 25.0 Å². The van der Waals surface area contributed by atoms with Gasteiger partial charge in [0.05, 0.1) is 12.1 Å². The first-order chi connectivity index (χ1) is 11.2. The number of aryl methyl sites for hydroxylation is 1. The zero-order valence-corrected chi connectivity index (χ0v) is 14.0. The summed E-state index contributed by atoms with van der Waals surface area (Å²) in [6.45, 7) is 0.0518. The third kappa shape index (κ3) is 3.69. The predicted molar refractivity (Wildman–Crippen MR) is 89.6 cm³/mol. The number of carbonyl (C=O) groups excluding carboxylic acids is 1. The number of aliphatic hydroxyl groups excluding tert-OH is 1. The number of aliphatic hydroxyl groups is 1. The number of ether oxygens (including phenoxy) is 1. The first-order valence-electron chi connectivity index (χ1n) is 8.84. The van der Waals surface area contributed by atoms with Gasteiger partial charge in [-0.15, -0.1) is 0 Å². The van der Waals surface area contributed by atoms with E-state index in [1.165, 1.54) is 24.0 Å². The van der Waals surface area contributed by atoms with Crippen LogP contribution in [-0.2, 0) is 17.6 Å². The lowest BCUT2D eigenvalue weighted by atomic mass is 9.91. The topological polar surface area (TPSA) is 49.8 Å². The summed E-state index contributed by atoms with van der Waals surface area (Å²) < 4.78 is 5.84. The SMILES string of the molecule is CN(C(=O)COc1cccc2c1CCCC2)[C@H]1CCCC[C@H]1O. The second-order valence-electron chi connectivity index (χ2n) is 6.81. The standard InChI is InChI=1S/C19H27NO3/c1-20(16-10-4-5-11-17(16)21)19(22)13-23-18-12-6-8-14-7-2-3-9-15(14)18/h6,8,12,16-17,21H,2-5,7,9-11,13H2,1H3/t16-,17+/m0/s1. The van der Waals surface area contributed by atoms with Crippen LogP contribution in [0.4, 0.5) is 0 Å². The number of benzene rings is 1. The molecule has 2 aliphatic rings. The largest absolute Gasteiger partial charge is 0.483 e. The molecular formula is C19H27NO3. The summed E-state index contributed by atoms with van der Waals surface area (Å²) in [5, 5.41) is 10.1. The maximum atomic E-state index is 12.4. The van der Waals surface area contributed by atoms with Gasteiger partial charge in [0, 0.05) is 7.05 Å². The van der Waals surface area contributed by atoms with Crippen molar-refractivity contribution in [2.24, 2.45) is 0 Å². The quantitative estimate of drug-likeness (QED) is 0.929. The molecule has 0 spiro atoms. The van der Waals surface area contributed by atoms with Gasteiger partial charge < -0.3 is 14.7 Å². The van der Waals surface area contributed by atoms with Gasteiger partial charge in [-0.3, -0.25) is 4.79 Å². The molecule has 2 atom stereocenters. The van der Waals surface area contributed by atoms with E-state index in [-0.39, 0.29) is 18.6 Å². The lowest BCUT2D eigenvalue weighted by Gasteiger charge is -2.35. The number of hydrogen-bond acceptors (Lipinski definition) is 3. The summed E-state index contributed by atoms with van der Waals surface area (Å²) in [4.78, 5) is 14.1. The summed E-state index contributed by atoms with van der Waals surface area (Å²) in [6, 6.07) is 6.07. The van der Waals surface area contributed by atoms with E-state index in [9.17, 15) is 9.90 Å². The van der Waals surface area contributed by atoms with Crippen molar-refractivity contribution in [2.45, 2.75) is 63.5 Å². The van der Waals surface area contributed by atoms with Gasteiger partial charge >= 0.3 is 0 Å². The predicted octanol–water partition coefficient (Wildman–Crippen LogP) is 2.71. The van der Waals surface area contributed by atoms with Crippen molar-refractivity contribution in [2.75, 3.05) is 13.7 Å². The summed E-state index contributed by atoms with van der Waals surface area (Å²) in [5.41, 5.74) is 2.63. The molecule has 1 fully saturated rings. The van der Waals surface area contributed by atoms with E-state index in [0.717, 1.165) is 44.3 Å². The highest BCUT2D eigenvalue weighted by atomic mass is 16.5. The Hall–Kier alpha value is -1.55. The Labute approximate surface area is 138 Å². The molecule has 1 N–H and O–H groups in total. The Bertz CT molecular complexity index is 558. The summed E-state index contributed by atoms with van der Waals surface area (Å²) in [7, 11) is 1.78. The molecule has 3 rings (SSSR count). The fourth-order valence-electron chi connectivity index (χ4n) is 3.85. The Kier molecular flexibility index (Phi) is 5.21. The molecule has 1 aromatic rings. The van der Waals surface area contributed by atoms with Gasteiger partial charge in [0.1, 0.15) is 5.75 Å². The van der Waals surface area contributed by atoms with Crippen LogP contribution in [0.5, 0.6) is 5.75 Å². The number of likely N-dealkylation sites (N-methyl/N-ethyl adjacent to an activating group) is 1. The van der Waals surface area contributed by atoms with Crippen LogP contribution in [0, 0.1) is 0 Å². The summed E-state index contributed by atoms with van der Waals surface area (Å²) in [5.74, 6) is 0.803. The van der Waals surface area contributed by atoms with Gasteiger partial charge in [0.15, 0.2) is 6.61 Å². The Balaban J connectivity index is 1.60. The average Bonchev–Trinajstić information content (AvgIpc) is 2.59. The number of rotatable bonds is 4. The normalized spacial score (nSPS) is 23.9. The summed E-state index contributed by atoms with van der Waals surface area (Å²) >= 11 is 0. The van der Waals surface area contributed by atoms with E-state index < -0.39 is 6.10 Å². The molecule has 0 aliphatic heterocycles. The second kappa shape index (κ2) is 7.35. The van der Waals surface area contributed by atoms with Gasteiger partial charge in [-0.05, 0) is 55.7 Å². The average molecular weight is 317 g/mol. The molecule has 4 heteroatoms. The Morgan fingerprint density at radius 2 is 2.00 bits per heavy atom. The van der Waals surface area contributed by atoms with Crippen LogP contribution in [-0.4, -0.2) is 41.7 Å². The molecule has 126 valence electrons. The van der Waals surface area contributed by atoms with Crippen LogP contribution in [0.25, 0.3) is 0 Å². The molecule has 4 nitrogen and oxygen atoms in total. The molecular weight excluding hydrogens is 290 g/mol. The molecule has 1 amide bonds. The van der Waals surface area contributed by atoms with Crippen LogP contribution in [0.2, 0.25) is 0 Å². The minimum Gasteiger partial charge on any atom is -0.483 e.